The molecule has 1 aliphatic rings. The summed E-state index contributed by atoms with van der Waals surface area (Å²) in [6.07, 6.45) is -0.956. The molecule has 0 unspecified atom stereocenters. The van der Waals surface area contributed by atoms with Gasteiger partial charge in [0.25, 0.3) is 0 Å². The van der Waals surface area contributed by atoms with E-state index in [1.165, 1.54) is 28.4 Å². The van der Waals surface area contributed by atoms with Crippen LogP contribution >= 0.6 is 0 Å². The number of ether oxygens (including phenoxy) is 4. The van der Waals surface area contributed by atoms with Crippen molar-refractivity contribution in [3.05, 3.63) is 51.4 Å². The fourth-order valence-electron chi connectivity index (χ4n) is 3.39. The Morgan fingerprint density at radius 2 is 1.24 bits per heavy atom. The first kappa shape index (κ1) is 17.0. The van der Waals surface area contributed by atoms with E-state index in [4.69, 9.17) is 18.9 Å². The van der Waals surface area contributed by atoms with E-state index in [1.54, 1.807) is 24.3 Å². The molecule has 0 radical (unpaired) electrons. The molecule has 3 rings (SSSR count). The van der Waals surface area contributed by atoms with E-state index in [2.05, 4.69) is 5.18 Å². The summed E-state index contributed by atoms with van der Waals surface area (Å²) in [4.78, 5) is 11.8. The number of fused-ring (bicyclic) bond motifs is 2. The monoisotopic (exact) mass is 345 g/mol. The molecule has 0 spiro atoms. The van der Waals surface area contributed by atoms with Crippen LogP contribution in [0.4, 0.5) is 0 Å². The molecule has 0 aromatic heterocycles. The predicted molar refractivity (Wildman–Crippen MR) is 90.8 cm³/mol. The van der Waals surface area contributed by atoms with Crippen molar-refractivity contribution < 1.29 is 24.1 Å². The third-order valence-corrected chi connectivity index (χ3v) is 4.48. The second kappa shape index (κ2) is 6.60. The summed E-state index contributed by atoms with van der Waals surface area (Å²) in [6, 6.07) is 5.87. The van der Waals surface area contributed by atoms with Gasteiger partial charge in [-0.05, 0) is 23.3 Å². The second-order valence-corrected chi connectivity index (χ2v) is 5.52. The van der Waals surface area contributed by atoms with E-state index in [1.807, 2.05) is 0 Å². The first-order chi connectivity index (χ1) is 12.1. The summed E-state index contributed by atoms with van der Waals surface area (Å²) in [5, 5.41) is 14.2. The molecule has 0 fully saturated rings. The molecule has 0 saturated carbocycles. The van der Waals surface area contributed by atoms with Gasteiger partial charge in [0.05, 0.1) is 28.4 Å². The fraction of sp³-hybridized carbons (Fsp3) is 0.333. The van der Waals surface area contributed by atoms with Gasteiger partial charge in [0.15, 0.2) is 29.0 Å². The van der Waals surface area contributed by atoms with Crippen LogP contribution < -0.4 is 18.9 Å². The van der Waals surface area contributed by atoms with Gasteiger partial charge in [-0.15, -0.1) is 4.91 Å². The third-order valence-electron chi connectivity index (χ3n) is 4.48. The van der Waals surface area contributed by atoms with Crippen molar-refractivity contribution in [2.45, 2.75) is 12.1 Å². The van der Waals surface area contributed by atoms with Crippen molar-refractivity contribution in [3.8, 4) is 23.0 Å². The Balaban J connectivity index is 2.37. The number of nitrogens with zero attached hydrogens (tertiary/aromatic N) is 1. The number of rotatable bonds is 5. The summed E-state index contributed by atoms with van der Waals surface area (Å²) in [7, 11) is 5.96. The molecule has 7 nitrogen and oxygen atoms in total. The van der Waals surface area contributed by atoms with Crippen LogP contribution in [0, 0.1) is 4.91 Å². The normalized spacial score (nSPS) is 18.0. The first-order valence-corrected chi connectivity index (χ1v) is 7.62. The molecule has 0 atom stereocenters. The van der Waals surface area contributed by atoms with Gasteiger partial charge in [-0.1, -0.05) is 17.3 Å². The zero-order valence-corrected chi connectivity index (χ0v) is 14.4. The highest BCUT2D eigenvalue weighted by Crippen LogP contribution is 2.53. The van der Waals surface area contributed by atoms with Gasteiger partial charge in [0, 0.05) is 11.1 Å². The van der Waals surface area contributed by atoms with Gasteiger partial charge in [-0.2, -0.15) is 0 Å². The summed E-state index contributed by atoms with van der Waals surface area (Å²) in [6.45, 7) is 0. The molecule has 132 valence electrons. The molecule has 0 amide bonds. The summed E-state index contributed by atoms with van der Waals surface area (Å²) in [5.41, 5.74) is 2.01. The van der Waals surface area contributed by atoms with Crippen molar-refractivity contribution in [1.82, 2.24) is 0 Å². The van der Waals surface area contributed by atoms with Crippen molar-refractivity contribution >= 4 is 0 Å². The Morgan fingerprint density at radius 1 is 0.800 bits per heavy atom. The number of aliphatic hydroxyl groups excluding tert-OH is 1. The standard InChI is InChI=1S/C18H19NO6/c1-22-11-7-5-9-13(17(11)24-3)15(19-21)14-10(16(9)20)6-8-12(23-2)18(14)25-4/h5-8,15-16,20H,1-4H3. The zero-order valence-electron chi connectivity index (χ0n) is 14.4. The molecule has 0 saturated heterocycles. The van der Waals surface area contributed by atoms with Crippen LogP contribution in [0.5, 0.6) is 23.0 Å². The van der Waals surface area contributed by atoms with Crippen molar-refractivity contribution in [2.75, 3.05) is 28.4 Å². The Labute approximate surface area is 145 Å². The maximum atomic E-state index is 11.8. The van der Waals surface area contributed by atoms with Crippen LogP contribution in [0.3, 0.4) is 0 Å². The number of aliphatic hydroxyl groups is 1. The molecule has 0 bridgehead atoms. The summed E-state index contributed by atoms with van der Waals surface area (Å²) >= 11 is 0. The number of hydrogen-bond donors (Lipinski definition) is 1. The molecular weight excluding hydrogens is 326 g/mol. The van der Waals surface area contributed by atoms with E-state index in [0.29, 0.717) is 45.3 Å². The summed E-state index contributed by atoms with van der Waals surface area (Å²) < 4.78 is 21.5. The fourth-order valence-corrected chi connectivity index (χ4v) is 3.39. The van der Waals surface area contributed by atoms with Gasteiger partial charge in [-0.25, -0.2) is 0 Å². The smallest absolute Gasteiger partial charge is 0.166 e. The maximum absolute atomic E-state index is 11.8. The van der Waals surface area contributed by atoms with Crippen molar-refractivity contribution in [1.29, 1.82) is 0 Å². The molecule has 7 heteroatoms. The van der Waals surface area contributed by atoms with E-state index in [0.717, 1.165) is 0 Å². The van der Waals surface area contributed by atoms with Gasteiger partial charge < -0.3 is 24.1 Å². The summed E-state index contributed by atoms with van der Waals surface area (Å²) in [5.74, 6) is 1.62. The van der Waals surface area contributed by atoms with Gasteiger partial charge in [0.2, 0.25) is 0 Å². The minimum absolute atomic E-state index is 0.360. The van der Waals surface area contributed by atoms with E-state index in [-0.39, 0.29) is 0 Å². The van der Waals surface area contributed by atoms with Gasteiger partial charge in [0.1, 0.15) is 6.10 Å². The van der Waals surface area contributed by atoms with E-state index < -0.39 is 12.1 Å². The van der Waals surface area contributed by atoms with Gasteiger partial charge >= 0.3 is 0 Å². The molecule has 0 heterocycles. The van der Waals surface area contributed by atoms with Crippen LogP contribution in [0.15, 0.2) is 29.4 Å². The van der Waals surface area contributed by atoms with Crippen LogP contribution in [-0.4, -0.2) is 33.5 Å². The van der Waals surface area contributed by atoms with E-state index in [9.17, 15) is 10.0 Å². The lowest BCUT2D eigenvalue weighted by molar-refractivity contribution is 0.210. The SMILES string of the molecule is COc1ccc2c(c1OC)C(N=O)c1c(ccc(OC)c1OC)C2O. The molecule has 2 aromatic rings. The highest BCUT2D eigenvalue weighted by Gasteiger charge is 2.39. The highest BCUT2D eigenvalue weighted by molar-refractivity contribution is 5.65. The van der Waals surface area contributed by atoms with Gasteiger partial charge in [-0.3, -0.25) is 0 Å². The third kappa shape index (κ3) is 2.39. The minimum Gasteiger partial charge on any atom is -0.493 e. The predicted octanol–water partition coefficient (Wildman–Crippen LogP) is 2.97. The Hall–Kier alpha value is -2.80. The average Bonchev–Trinajstić information content (AvgIpc) is 2.66. The minimum atomic E-state index is -0.956. The highest BCUT2D eigenvalue weighted by atomic mass is 16.5. The molecule has 25 heavy (non-hydrogen) atoms. The number of nitroso groups, excluding NO2 is 1. The Bertz CT molecular complexity index is 756. The van der Waals surface area contributed by atoms with Crippen LogP contribution in [-0.2, 0) is 0 Å². The zero-order chi connectivity index (χ0) is 18.1. The van der Waals surface area contributed by atoms with Crippen LogP contribution in [0.2, 0.25) is 0 Å². The molecular formula is C18H19NO6. The average molecular weight is 345 g/mol. The molecule has 2 aromatic carbocycles. The van der Waals surface area contributed by atoms with Crippen LogP contribution in [0.1, 0.15) is 34.4 Å². The van der Waals surface area contributed by atoms with Crippen molar-refractivity contribution in [2.24, 2.45) is 5.18 Å². The lowest BCUT2D eigenvalue weighted by Crippen LogP contribution is -2.19. The number of methoxy groups -OCH3 is 4. The lowest BCUT2D eigenvalue weighted by atomic mass is 9.79. The van der Waals surface area contributed by atoms with E-state index >= 15 is 0 Å². The Morgan fingerprint density at radius 3 is 1.56 bits per heavy atom. The lowest BCUT2D eigenvalue weighted by Gasteiger charge is -2.31. The maximum Gasteiger partial charge on any atom is 0.166 e. The molecule has 1 N–H and O–H groups in total. The molecule has 0 aliphatic heterocycles. The quantitative estimate of drug-likeness (QED) is 0.839. The van der Waals surface area contributed by atoms with Crippen molar-refractivity contribution in [3.63, 3.8) is 0 Å². The Kier molecular flexibility index (Phi) is 4.50. The first-order valence-electron chi connectivity index (χ1n) is 7.62. The van der Waals surface area contributed by atoms with Crippen LogP contribution in [0.25, 0.3) is 0 Å². The molecule has 1 aliphatic carbocycles. The topological polar surface area (TPSA) is 86.6 Å². The second-order valence-electron chi connectivity index (χ2n) is 5.52. The number of benzene rings is 2. The largest absolute Gasteiger partial charge is 0.493 e. The number of hydrogen-bond acceptors (Lipinski definition) is 7.